The normalized spacial score (nSPS) is 13.7. The maximum Gasteiger partial charge on any atom is 0.234 e. The maximum absolute atomic E-state index is 13.9. The molecule has 1 amide bonds. The molecule has 7 nitrogen and oxygen atoms in total. The highest BCUT2D eigenvalue weighted by atomic mass is 79.9. The van der Waals surface area contributed by atoms with Crippen molar-refractivity contribution >= 4 is 50.9 Å². The SMILES string of the molecule is CCn1cc(Cl)c(-c2nnc(SCC(=O)Nc3ccc(Br)cc3F)n2C2CC2)n1. The first-order chi connectivity index (χ1) is 14.0. The summed E-state index contributed by atoms with van der Waals surface area (Å²) in [5, 5.41) is 16.7. The molecule has 1 aliphatic rings. The van der Waals surface area contributed by atoms with Gasteiger partial charge in [-0.3, -0.25) is 14.0 Å². The summed E-state index contributed by atoms with van der Waals surface area (Å²) in [5.74, 6) is -0.136. The Morgan fingerprint density at radius 3 is 2.86 bits per heavy atom. The first-order valence-electron chi connectivity index (χ1n) is 9.02. The number of amides is 1. The van der Waals surface area contributed by atoms with Gasteiger partial charge in [0.1, 0.15) is 11.5 Å². The Morgan fingerprint density at radius 1 is 1.41 bits per heavy atom. The summed E-state index contributed by atoms with van der Waals surface area (Å²) in [6.45, 7) is 2.68. The van der Waals surface area contributed by atoms with Crippen LogP contribution in [0.2, 0.25) is 5.02 Å². The third kappa shape index (κ3) is 4.49. The second kappa shape index (κ2) is 8.45. The van der Waals surface area contributed by atoms with Crippen molar-refractivity contribution < 1.29 is 9.18 Å². The van der Waals surface area contributed by atoms with Gasteiger partial charge in [0.25, 0.3) is 0 Å². The number of carbonyl (C=O) groups is 1. The fraction of sp³-hybridized carbons (Fsp3) is 0.333. The van der Waals surface area contributed by atoms with Crippen LogP contribution in [0.15, 0.2) is 34.0 Å². The van der Waals surface area contributed by atoms with Gasteiger partial charge in [-0.25, -0.2) is 4.39 Å². The molecule has 1 fully saturated rings. The van der Waals surface area contributed by atoms with E-state index >= 15 is 0 Å². The summed E-state index contributed by atoms with van der Waals surface area (Å²) in [6, 6.07) is 4.76. The van der Waals surface area contributed by atoms with E-state index in [0.717, 1.165) is 12.8 Å². The summed E-state index contributed by atoms with van der Waals surface area (Å²) in [4.78, 5) is 12.3. The third-order valence-electron chi connectivity index (χ3n) is 4.37. The average Bonchev–Trinajstić information content (AvgIpc) is 3.33. The van der Waals surface area contributed by atoms with Crippen molar-refractivity contribution in [2.75, 3.05) is 11.1 Å². The van der Waals surface area contributed by atoms with Crippen LogP contribution in [0.1, 0.15) is 25.8 Å². The molecule has 152 valence electrons. The standard InChI is InChI=1S/C18H17BrClFN6OS/c1-2-26-8-12(20)16(25-26)17-23-24-18(27(17)11-4-5-11)29-9-15(28)22-14-6-3-10(19)7-13(14)21/h3,6-8,11H,2,4-5,9H2,1H3,(H,22,28). The Balaban J connectivity index is 1.50. The van der Waals surface area contributed by atoms with Crippen molar-refractivity contribution in [1.29, 1.82) is 0 Å². The second-order valence-corrected chi connectivity index (χ2v) is 8.82. The second-order valence-electron chi connectivity index (χ2n) is 6.55. The maximum atomic E-state index is 13.9. The van der Waals surface area contributed by atoms with Crippen LogP contribution in [0.5, 0.6) is 0 Å². The van der Waals surface area contributed by atoms with Crippen molar-refractivity contribution in [2.45, 2.75) is 37.5 Å². The quantitative estimate of drug-likeness (QED) is 0.473. The van der Waals surface area contributed by atoms with Crippen LogP contribution >= 0.6 is 39.3 Å². The van der Waals surface area contributed by atoms with Gasteiger partial charge in [-0.15, -0.1) is 10.2 Å². The topological polar surface area (TPSA) is 77.6 Å². The van der Waals surface area contributed by atoms with Crippen LogP contribution in [0.4, 0.5) is 10.1 Å². The number of aromatic nitrogens is 5. The molecule has 0 bridgehead atoms. The predicted molar refractivity (Wildman–Crippen MR) is 114 cm³/mol. The number of nitrogens with one attached hydrogen (secondary N) is 1. The highest BCUT2D eigenvalue weighted by Crippen LogP contribution is 2.41. The zero-order chi connectivity index (χ0) is 20.5. The molecule has 1 N–H and O–H groups in total. The lowest BCUT2D eigenvalue weighted by molar-refractivity contribution is -0.113. The number of anilines is 1. The van der Waals surface area contributed by atoms with Gasteiger partial charge in [0.05, 0.1) is 16.5 Å². The van der Waals surface area contributed by atoms with Gasteiger partial charge in [0.15, 0.2) is 11.0 Å². The summed E-state index contributed by atoms with van der Waals surface area (Å²) in [7, 11) is 0. The molecule has 2 heterocycles. The number of hydrogen-bond donors (Lipinski definition) is 1. The highest BCUT2D eigenvalue weighted by molar-refractivity contribution is 9.10. The van der Waals surface area contributed by atoms with Crippen LogP contribution in [-0.2, 0) is 11.3 Å². The van der Waals surface area contributed by atoms with E-state index in [4.69, 9.17) is 11.6 Å². The molecule has 3 aromatic rings. The van der Waals surface area contributed by atoms with Crippen LogP contribution in [0.25, 0.3) is 11.5 Å². The average molecular weight is 500 g/mol. The lowest BCUT2D eigenvalue weighted by Crippen LogP contribution is -2.15. The Kier molecular flexibility index (Phi) is 5.93. The summed E-state index contributed by atoms with van der Waals surface area (Å²) in [5.41, 5.74) is 0.723. The van der Waals surface area contributed by atoms with E-state index < -0.39 is 5.82 Å². The third-order valence-corrected chi connectivity index (χ3v) is 6.08. The first kappa shape index (κ1) is 20.4. The van der Waals surface area contributed by atoms with Crippen LogP contribution in [-0.4, -0.2) is 36.2 Å². The Hall–Kier alpha value is -1.91. The smallest absolute Gasteiger partial charge is 0.234 e. The number of hydrogen-bond acceptors (Lipinski definition) is 5. The Labute approximate surface area is 184 Å². The zero-order valence-corrected chi connectivity index (χ0v) is 18.6. The minimum atomic E-state index is -0.498. The number of aryl methyl sites for hydroxylation is 1. The van der Waals surface area contributed by atoms with Gasteiger partial charge in [-0.2, -0.15) is 5.10 Å². The Morgan fingerprint density at radius 2 is 2.21 bits per heavy atom. The zero-order valence-electron chi connectivity index (χ0n) is 15.4. The number of thioether (sulfide) groups is 1. The van der Waals surface area contributed by atoms with Crippen LogP contribution in [0.3, 0.4) is 0 Å². The largest absolute Gasteiger partial charge is 0.323 e. The monoisotopic (exact) mass is 498 g/mol. The minimum Gasteiger partial charge on any atom is -0.323 e. The molecule has 29 heavy (non-hydrogen) atoms. The lowest BCUT2D eigenvalue weighted by atomic mass is 10.3. The summed E-state index contributed by atoms with van der Waals surface area (Å²) < 4.78 is 18.3. The number of halogens is 3. The summed E-state index contributed by atoms with van der Waals surface area (Å²) >= 11 is 10.8. The highest BCUT2D eigenvalue weighted by Gasteiger charge is 2.32. The molecule has 0 aliphatic heterocycles. The fourth-order valence-corrected chi connectivity index (χ4v) is 4.19. The molecule has 1 aromatic carbocycles. The molecule has 0 radical (unpaired) electrons. The molecule has 0 unspecified atom stereocenters. The molecule has 0 spiro atoms. The van der Waals surface area contributed by atoms with E-state index in [0.29, 0.717) is 32.7 Å². The van der Waals surface area contributed by atoms with Crippen LogP contribution < -0.4 is 5.32 Å². The van der Waals surface area contributed by atoms with Crippen molar-refractivity contribution in [3.63, 3.8) is 0 Å². The molecule has 1 saturated carbocycles. The van der Waals surface area contributed by atoms with E-state index in [1.807, 2.05) is 11.5 Å². The van der Waals surface area contributed by atoms with Gasteiger partial charge in [-0.05, 0) is 38.0 Å². The lowest BCUT2D eigenvalue weighted by Gasteiger charge is -2.09. The molecule has 1 aliphatic carbocycles. The molecule has 4 rings (SSSR count). The van der Waals surface area contributed by atoms with E-state index in [9.17, 15) is 9.18 Å². The fourth-order valence-electron chi connectivity index (χ4n) is 2.82. The predicted octanol–water partition coefficient (Wildman–Crippen LogP) is 4.78. The van der Waals surface area contributed by atoms with Crippen LogP contribution in [0, 0.1) is 5.82 Å². The van der Waals surface area contributed by atoms with E-state index in [2.05, 4.69) is 36.5 Å². The Bertz CT molecular complexity index is 1070. The molecular formula is C18H17BrClFN6OS. The number of carbonyl (C=O) groups excluding carboxylic acids is 1. The first-order valence-corrected chi connectivity index (χ1v) is 11.2. The van der Waals surface area contributed by atoms with E-state index in [1.54, 1.807) is 16.9 Å². The van der Waals surface area contributed by atoms with E-state index in [-0.39, 0.29) is 23.4 Å². The van der Waals surface area contributed by atoms with Gasteiger partial charge >= 0.3 is 0 Å². The minimum absolute atomic E-state index is 0.0808. The van der Waals surface area contributed by atoms with Gasteiger partial charge in [0, 0.05) is 23.3 Å². The summed E-state index contributed by atoms with van der Waals surface area (Å²) in [6.07, 6.45) is 3.79. The van der Waals surface area contributed by atoms with Gasteiger partial charge in [0.2, 0.25) is 5.91 Å². The van der Waals surface area contributed by atoms with Crippen molar-refractivity contribution in [3.05, 3.63) is 39.7 Å². The number of benzene rings is 1. The van der Waals surface area contributed by atoms with Gasteiger partial charge in [-0.1, -0.05) is 39.3 Å². The van der Waals surface area contributed by atoms with Crippen molar-refractivity contribution in [3.8, 4) is 11.5 Å². The van der Waals surface area contributed by atoms with Gasteiger partial charge < -0.3 is 5.32 Å². The van der Waals surface area contributed by atoms with Crippen molar-refractivity contribution in [1.82, 2.24) is 24.5 Å². The molecule has 0 atom stereocenters. The van der Waals surface area contributed by atoms with Crippen molar-refractivity contribution in [2.24, 2.45) is 0 Å². The molecule has 0 saturated heterocycles. The molecule has 2 aromatic heterocycles. The molecule has 11 heteroatoms. The van der Waals surface area contributed by atoms with E-state index in [1.165, 1.54) is 23.9 Å². The molecular weight excluding hydrogens is 483 g/mol. The number of rotatable bonds is 7. The number of nitrogens with zero attached hydrogens (tertiary/aromatic N) is 5.